The van der Waals surface area contributed by atoms with E-state index in [1.54, 1.807) is 6.92 Å². The Balaban J connectivity index is 2.14. The van der Waals surface area contributed by atoms with Crippen LogP contribution in [0.4, 0.5) is 0 Å². The molecule has 1 fully saturated rings. The van der Waals surface area contributed by atoms with Crippen LogP contribution in [0.2, 0.25) is 0 Å². The molecule has 1 aromatic rings. The Bertz CT molecular complexity index is 619. The fourth-order valence-electron chi connectivity index (χ4n) is 2.72. The summed E-state index contributed by atoms with van der Waals surface area (Å²) >= 11 is 0. The van der Waals surface area contributed by atoms with Crippen LogP contribution >= 0.6 is 0 Å². The predicted octanol–water partition coefficient (Wildman–Crippen LogP) is 2.55. The van der Waals surface area contributed by atoms with Crippen molar-refractivity contribution in [3.8, 4) is 0 Å². The van der Waals surface area contributed by atoms with Gasteiger partial charge in [0.2, 0.25) is 10.0 Å². The summed E-state index contributed by atoms with van der Waals surface area (Å²) in [5.41, 5.74) is 0.537. The Morgan fingerprint density at radius 3 is 2.57 bits per heavy atom. The van der Waals surface area contributed by atoms with Crippen molar-refractivity contribution >= 4 is 16.0 Å². The van der Waals surface area contributed by atoms with Crippen molar-refractivity contribution in [2.45, 2.75) is 43.9 Å². The monoisotopic (exact) mass is 311 g/mol. The Labute approximate surface area is 125 Å². The molecule has 1 aromatic carbocycles. The van der Waals surface area contributed by atoms with Gasteiger partial charge in [0, 0.05) is 6.54 Å². The van der Waals surface area contributed by atoms with Crippen LogP contribution in [0.5, 0.6) is 0 Å². The average Bonchev–Trinajstić information content (AvgIpc) is 2.46. The zero-order chi connectivity index (χ0) is 15.5. The number of carbonyl (C=O) groups is 1. The standard InChI is InChI=1S/C15H21NO4S/c1-11-7-8-13(15(17)18)9-14(11)21(19,20)16-10-12-5-3-2-4-6-12/h7-9,12,16H,2-6,10H2,1H3,(H,17,18). The molecule has 1 saturated carbocycles. The van der Waals surface area contributed by atoms with E-state index in [9.17, 15) is 13.2 Å². The van der Waals surface area contributed by atoms with Gasteiger partial charge in [-0.05, 0) is 43.4 Å². The zero-order valence-corrected chi connectivity index (χ0v) is 12.9. The number of rotatable bonds is 5. The number of benzene rings is 1. The second-order valence-corrected chi connectivity index (χ2v) is 7.38. The van der Waals surface area contributed by atoms with Crippen molar-refractivity contribution in [1.82, 2.24) is 4.72 Å². The van der Waals surface area contributed by atoms with Crippen LogP contribution in [-0.4, -0.2) is 26.0 Å². The number of carboxylic acids is 1. The maximum absolute atomic E-state index is 12.4. The van der Waals surface area contributed by atoms with Gasteiger partial charge in [0.1, 0.15) is 0 Å². The molecule has 1 aliphatic carbocycles. The molecule has 6 heteroatoms. The van der Waals surface area contributed by atoms with Gasteiger partial charge in [-0.25, -0.2) is 17.9 Å². The van der Waals surface area contributed by atoms with E-state index in [0.717, 1.165) is 25.7 Å². The molecule has 1 aliphatic rings. The van der Waals surface area contributed by atoms with E-state index in [1.807, 2.05) is 0 Å². The Morgan fingerprint density at radius 1 is 1.29 bits per heavy atom. The first-order valence-corrected chi connectivity index (χ1v) is 8.72. The highest BCUT2D eigenvalue weighted by molar-refractivity contribution is 7.89. The molecule has 21 heavy (non-hydrogen) atoms. The van der Waals surface area contributed by atoms with Crippen molar-refractivity contribution < 1.29 is 18.3 Å². The highest BCUT2D eigenvalue weighted by Gasteiger charge is 2.21. The summed E-state index contributed by atoms with van der Waals surface area (Å²) in [7, 11) is -3.66. The summed E-state index contributed by atoms with van der Waals surface area (Å²) in [6.07, 6.45) is 5.64. The molecule has 0 amide bonds. The van der Waals surface area contributed by atoms with Crippen LogP contribution in [0.25, 0.3) is 0 Å². The molecule has 0 aliphatic heterocycles. The second kappa shape index (κ2) is 6.58. The number of hydrogen-bond donors (Lipinski definition) is 2. The third kappa shape index (κ3) is 4.04. The molecule has 2 N–H and O–H groups in total. The van der Waals surface area contributed by atoms with Gasteiger partial charge in [0.15, 0.2) is 0 Å². The molecule has 0 saturated heterocycles. The molecule has 5 nitrogen and oxygen atoms in total. The van der Waals surface area contributed by atoms with Gasteiger partial charge in [-0.1, -0.05) is 25.3 Å². The summed E-state index contributed by atoms with van der Waals surface area (Å²) < 4.78 is 27.4. The molecule has 116 valence electrons. The van der Waals surface area contributed by atoms with E-state index >= 15 is 0 Å². The number of aromatic carboxylic acids is 1. The first-order valence-electron chi connectivity index (χ1n) is 7.24. The average molecular weight is 311 g/mol. The molecule has 0 atom stereocenters. The lowest BCUT2D eigenvalue weighted by Gasteiger charge is -2.22. The van der Waals surface area contributed by atoms with E-state index in [-0.39, 0.29) is 10.5 Å². The fourth-order valence-corrected chi connectivity index (χ4v) is 4.10. The molecule has 0 unspecified atom stereocenters. The first kappa shape index (κ1) is 16.0. The number of nitrogens with one attached hydrogen (secondary N) is 1. The molecule has 0 spiro atoms. The Kier molecular flexibility index (Phi) is 5.00. The molecule has 0 radical (unpaired) electrons. The topological polar surface area (TPSA) is 83.5 Å². The van der Waals surface area contributed by atoms with Crippen molar-refractivity contribution in [2.75, 3.05) is 6.54 Å². The molecular formula is C15H21NO4S. The minimum atomic E-state index is -3.66. The van der Waals surface area contributed by atoms with Crippen molar-refractivity contribution in [1.29, 1.82) is 0 Å². The van der Waals surface area contributed by atoms with E-state index in [2.05, 4.69) is 4.72 Å². The largest absolute Gasteiger partial charge is 0.478 e. The lowest BCUT2D eigenvalue weighted by Crippen LogP contribution is -2.31. The number of carboxylic acid groups (broad SMARTS) is 1. The predicted molar refractivity (Wildman–Crippen MR) is 79.9 cm³/mol. The van der Waals surface area contributed by atoms with Gasteiger partial charge in [-0.3, -0.25) is 0 Å². The zero-order valence-electron chi connectivity index (χ0n) is 12.1. The summed E-state index contributed by atoms with van der Waals surface area (Å²) in [6.45, 7) is 2.10. The van der Waals surface area contributed by atoms with Crippen LogP contribution in [0.3, 0.4) is 0 Å². The van der Waals surface area contributed by atoms with Gasteiger partial charge in [-0.2, -0.15) is 0 Å². The van der Waals surface area contributed by atoms with Crippen molar-refractivity contribution in [3.05, 3.63) is 29.3 Å². The SMILES string of the molecule is Cc1ccc(C(=O)O)cc1S(=O)(=O)NCC1CCCCC1. The first-order chi connectivity index (χ1) is 9.90. The summed E-state index contributed by atoms with van der Waals surface area (Å²) in [5, 5.41) is 8.98. The van der Waals surface area contributed by atoms with Crippen LogP contribution < -0.4 is 4.72 Å². The summed E-state index contributed by atoms with van der Waals surface area (Å²) in [4.78, 5) is 11.0. The molecular weight excluding hydrogens is 290 g/mol. The lowest BCUT2D eigenvalue weighted by atomic mass is 9.90. The van der Waals surface area contributed by atoms with Crippen molar-refractivity contribution in [3.63, 3.8) is 0 Å². The van der Waals surface area contributed by atoms with Crippen LogP contribution in [0, 0.1) is 12.8 Å². The van der Waals surface area contributed by atoms with Crippen LogP contribution in [0.15, 0.2) is 23.1 Å². The number of hydrogen-bond acceptors (Lipinski definition) is 3. The van der Waals surface area contributed by atoms with Crippen LogP contribution in [0.1, 0.15) is 48.0 Å². The quantitative estimate of drug-likeness (QED) is 0.875. The third-order valence-electron chi connectivity index (χ3n) is 4.01. The smallest absolute Gasteiger partial charge is 0.335 e. The summed E-state index contributed by atoms with van der Waals surface area (Å²) in [6, 6.07) is 4.16. The second-order valence-electron chi connectivity index (χ2n) is 5.64. The van der Waals surface area contributed by atoms with E-state index in [4.69, 9.17) is 5.11 Å². The minimum Gasteiger partial charge on any atom is -0.478 e. The number of aryl methyl sites for hydroxylation is 1. The van der Waals surface area contributed by atoms with Gasteiger partial charge >= 0.3 is 5.97 Å². The van der Waals surface area contributed by atoms with Gasteiger partial charge in [0.05, 0.1) is 10.5 Å². The minimum absolute atomic E-state index is 0.0151. The van der Waals surface area contributed by atoms with Gasteiger partial charge in [0.25, 0.3) is 0 Å². The molecule has 0 heterocycles. The lowest BCUT2D eigenvalue weighted by molar-refractivity contribution is 0.0696. The maximum Gasteiger partial charge on any atom is 0.335 e. The van der Waals surface area contributed by atoms with Gasteiger partial charge in [-0.15, -0.1) is 0 Å². The molecule has 0 aromatic heterocycles. The fraction of sp³-hybridized carbons (Fsp3) is 0.533. The Morgan fingerprint density at radius 2 is 1.95 bits per heavy atom. The third-order valence-corrected chi connectivity index (χ3v) is 5.58. The Hall–Kier alpha value is -1.40. The maximum atomic E-state index is 12.4. The van der Waals surface area contributed by atoms with Crippen LogP contribution in [-0.2, 0) is 10.0 Å². The normalized spacial score (nSPS) is 16.8. The van der Waals surface area contributed by atoms with Gasteiger partial charge < -0.3 is 5.11 Å². The van der Waals surface area contributed by atoms with E-state index < -0.39 is 16.0 Å². The number of sulfonamides is 1. The highest BCUT2D eigenvalue weighted by Crippen LogP contribution is 2.24. The highest BCUT2D eigenvalue weighted by atomic mass is 32.2. The summed E-state index contributed by atoms with van der Waals surface area (Å²) in [5.74, 6) is -0.741. The molecule has 0 bridgehead atoms. The van der Waals surface area contributed by atoms with Crippen molar-refractivity contribution in [2.24, 2.45) is 5.92 Å². The van der Waals surface area contributed by atoms with E-state index in [1.165, 1.54) is 24.6 Å². The molecule has 2 rings (SSSR count). The van der Waals surface area contributed by atoms with E-state index in [0.29, 0.717) is 18.0 Å².